The minimum absolute atomic E-state index is 0.172. The molecule has 1 aromatic carbocycles. The Bertz CT molecular complexity index is 737. The zero-order valence-electron chi connectivity index (χ0n) is 12.8. The summed E-state index contributed by atoms with van der Waals surface area (Å²) in [4.78, 5) is 26.2. The Kier molecular flexibility index (Phi) is 5.04. The molecule has 118 valence electrons. The quantitative estimate of drug-likeness (QED) is 0.767. The summed E-state index contributed by atoms with van der Waals surface area (Å²) in [7, 11) is 1.40. The zero-order chi connectivity index (χ0) is 16.1. The molecule has 1 amide bonds. The van der Waals surface area contributed by atoms with Gasteiger partial charge >= 0.3 is 0 Å². The van der Waals surface area contributed by atoms with Gasteiger partial charge in [0.15, 0.2) is 0 Å². The van der Waals surface area contributed by atoms with Gasteiger partial charge in [-0.2, -0.15) is 0 Å². The summed E-state index contributed by atoms with van der Waals surface area (Å²) in [6.45, 7) is 2.68. The number of benzene rings is 1. The number of H-pyrrole nitrogens is 1. The van der Waals surface area contributed by atoms with Crippen LogP contribution in [0.1, 0.15) is 36.5 Å². The molecule has 0 radical (unpaired) electrons. The minimum atomic E-state index is -0.825. The van der Waals surface area contributed by atoms with Gasteiger partial charge in [0.25, 0.3) is 11.5 Å². The minimum Gasteiger partial charge on any atom is -0.495 e. The fourth-order valence-electron chi connectivity index (χ4n) is 2.35. The molecule has 22 heavy (non-hydrogen) atoms. The van der Waals surface area contributed by atoms with Crippen LogP contribution in [0.4, 0.5) is 0 Å². The highest BCUT2D eigenvalue weighted by Gasteiger charge is 2.19. The second-order valence-electron chi connectivity index (χ2n) is 4.96. The number of hydrogen-bond acceptors (Lipinski definition) is 4. The van der Waals surface area contributed by atoms with E-state index in [4.69, 9.17) is 15.2 Å². The average molecular weight is 304 g/mol. The van der Waals surface area contributed by atoms with Crippen LogP contribution in [-0.2, 0) is 0 Å². The molecule has 6 nitrogen and oxygen atoms in total. The fourth-order valence-corrected chi connectivity index (χ4v) is 2.35. The predicted molar refractivity (Wildman–Crippen MR) is 84.7 cm³/mol. The van der Waals surface area contributed by atoms with Crippen LogP contribution in [0, 0.1) is 0 Å². The number of para-hydroxylation sites is 1. The zero-order valence-corrected chi connectivity index (χ0v) is 12.8. The Labute approximate surface area is 128 Å². The van der Waals surface area contributed by atoms with E-state index in [9.17, 15) is 9.59 Å². The number of aromatic amines is 1. The van der Waals surface area contributed by atoms with E-state index >= 15 is 0 Å². The Balaban J connectivity index is 2.51. The Morgan fingerprint density at radius 2 is 2.09 bits per heavy atom. The van der Waals surface area contributed by atoms with E-state index in [0.717, 1.165) is 19.3 Å². The Morgan fingerprint density at radius 3 is 2.73 bits per heavy atom. The highest BCUT2D eigenvalue weighted by molar-refractivity contribution is 6.02. The van der Waals surface area contributed by atoms with Gasteiger partial charge < -0.3 is 20.2 Å². The summed E-state index contributed by atoms with van der Waals surface area (Å²) >= 11 is 0. The number of methoxy groups -OCH3 is 1. The fraction of sp³-hybridized carbons (Fsp3) is 0.375. The summed E-state index contributed by atoms with van der Waals surface area (Å²) in [5, 5.41) is 0.587. The molecule has 2 rings (SSSR count). The standard InChI is InChI=1S/C16H20N2O4/c1-3-4-5-9-22-11-8-6-7-10-13(11)18-16(20)12(15(17)19)14(10)21-2/h6-8H,3-5,9H2,1-2H3,(H2,17,19)(H,18,20). The van der Waals surface area contributed by atoms with Crippen molar-refractivity contribution in [3.05, 3.63) is 34.1 Å². The number of carbonyl (C=O) groups is 1. The molecule has 0 unspecified atom stereocenters. The molecule has 0 aliphatic carbocycles. The second kappa shape index (κ2) is 6.98. The average Bonchev–Trinajstić information content (AvgIpc) is 2.50. The molecule has 0 fully saturated rings. The van der Waals surface area contributed by atoms with Gasteiger partial charge in [0.2, 0.25) is 0 Å². The third kappa shape index (κ3) is 3.05. The van der Waals surface area contributed by atoms with Gasteiger partial charge in [-0.15, -0.1) is 0 Å². The van der Waals surface area contributed by atoms with E-state index < -0.39 is 11.5 Å². The maximum Gasteiger partial charge on any atom is 0.265 e. The first-order chi connectivity index (χ1) is 10.6. The second-order valence-corrected chi connectivity index (χ2v) is 4.96. The maximum absolute atomic E-state index is 12.1. The van der Waals surface area contributed by atoms with Crippen molar-refractivity contribution in [2.24, 2.45) is 5.73 Å². The first-order valence-electron chi connectivity index (χ1n) is 7.25. The van der Waals surface area contributed by atoms with E-state index in [1.807, 2.05) is 0 Å². The number of rotatable bonds is 7. The SMILES string of the molecule is CCCCCOc1cccc2c(OC)c(C(N)=O)c(=O)[nH]c12. The molecule has 0 atom stereocenters. The van der Waals surface area contributed by atoms with Crippen LogP contribution in [0.3, 0.4) is 0 Å². The molecule has 2 aromatic rings. The third-order valence-electron chi connectivity index (χ3n) is 3.42. The lowest BCUT2D eigenvalue weighted by atomic mass is 10.1. The number of pyridine rings is 1. The molecule has 6 heteroatoms. The van der Waals surface area contributed by atoms with Crippen molar-refractivity contribution >= 4 is 16.8 Å². The predicted octanol–water partition coefficient (Wildman–Crippen LogP) is 2.20. The number of carbonyl (C=O) groups excluding carboxylic acids is 1. The number of ether oxygens (including phenoxy) is 2. The Hall–Kier alpha value is -2.50. The summed E-state index contributed by atoms with van der Waals surface area (Å²) in [6.07, 6.45) is 3.12. The molecule has 0 saturated heterocycles. The molecule has 3 N–H and O–H groups in total. The monoisotopic (exact) mass is 304 g/mol. The lowest BCUT2D eigenvalue weighted by Gasteiger charge is -2.12. The van der Waals surface area contributed by atoms with Gasteiger partial charge in [-0.3, -0.25) is 9.59 Å². The summed E-state index contributed by atoms with van der Waals surface area (Å²) in [5.41, 5.74) is 5.00. The molecule has 1 aromatic heterocycles. The van der Waals surface area contributed by atoms with Crippen molar-refractivity contribution in [2.75, 3.05) is 13.7 Å². The van der Waals surface area contributed by atoms with E-state index in [1.165, 1.54) is 7.11 Å². The number of nitrogens with one attached hydrogen (secondary N) is 1. The van der Waals surface area contributed by atoms with Gasteiger partial charge in [0.05, 0.1) is 19.2 Å². The van der Waals surface area contributed by atoms with Gasteiger partial charge in [0, 0.05) is 5.39 Å². The first kappa shape index (κ1) is 15.9. The lowest BCUT2D eigenvalue weighted by Crippen LogP contribution is -2.24. The highest BCUT2D eigenvalue weighted by Crippen LogP contribution is 2.31. The van der Waals surface area contributed by atoms with Gasteiger partial charge in [-0.05, 0) is 18.6 Å². The smallest absolute Gasteiger partial charge is 0.265 e. The number of hydrogen-bond donors (Lipinski definition) is 2. The van der Waals surface area contributed by atoms with Crippen LogP contribution >= 0.6 is 0 Å². The van der Waals surface area contributed by atoms with Gasteiger partial charge in [0.1, 0.15) is 17.1 Å². The van der Waals surface area contributed by atoms with Crippen LogP contribution in [0.25, 0.3) is 10.9 Å². The van der Waals surface area contributed by atoms with Crippen LogP contribution < -0.4 is 20.8 Å². The van der Waals surface area contributed by atoms with Crippen molar-refractivity contribution in [3.8, 4) is 11.5 Å². The summed E-state index contributed by atoms with van der Waals surface area (Å²) in [5.74, 6) is -0.0976. The van der Waals surface area contributed by atoms with Crippen molar-refractivity contribution in [2.45, 2.75) is 26.2 Å². The molecule has 0 aliphatic heterocycles. The number of aromatic nitrogens is 1. The Morgan fingerprint density at radius 1 is 1.32 bits per heavy atom. The van der Waals surface area contributed by atoms with Crippen molar-refractivity contribution < 1.29 is 14.3 Å². The molecular formula is C16H20N2O4. The molecular weight excluding hydrogens is 284 g/mol. The number of unbranched alkanes of at least 4 members (excludes halogenated alkanes) is 2. The number of primary amides is 1. The van der Waals surface area contributed by atoms with Crippen LogP contribution in [-0.4, -0.2) is 24.6 Å². The van der Waals surface area contributed by atoms with Crippen LogP contribution in [0.5, 0.6) is 11.5 Å². The van der Waals surface area contributed by atoms with Crippen LogP contribution in [0.2, 0.25) is 0 Å². The third-order valence-corrected chi connectivity index (χ3v) is 3.42. The summed E-state index contributed by atoms with van der Waals surface area (Å²) < 4.78 is 11.0. The van der Waals surface area contributed by atoms with Crippen molar-refractivity contribution in [1.82, 2.24) is 4.98 Å². The topological polar surface area (TPSA) is 94.4 Å². The van der Waals surface area contributed by atoms with E-state index in [2.05, 4.69) is 11.9 Å². The lowest BCUT2D eigenvalue weighted by molar-refractivity contribution is 0.0996. The van der Waals surface area contributed by atoms with E-state index in [1.54, 1.807) is 18.2 Å². The maximum atomic E-state index is 12.1. The van der Waals surface area contributed by atoms with E-state index in [0.29, 0.717) is 23.3 Å². The van der Waals surface area contributed by atoms with Gasteiger partial charge in [-0.1, -0.05) is 25.8 Å². The normalized spacial score (nSPS) is 10.6. The van der Waals surface area contributed by atoms with Crippen LogP contribution in [0.15, 0.2) is 23.0 Å². The molecule has 0 saturated carbocycles. The largest absolute Gasteiger partial charge is 0.495 e. The number of amides is 1. The summed E-state index contributed by atoms with van der Waals surface area (Å²) in [6, 6.07) is 5.30. The highest BCUT2D eigenvalue weighted by atomic mass is 16.5. The number of fused-ring (bicyclic) bond motifs is 1. The van der Waals surface area contributed by atoms with Crippen molar-refractivity contribution in [3.63, 3.8) is 0 Å². The molecule has 0 bridgehead atoms. The van der Waals surface area contributed by atoms with Gasteiger partial charge in [-0.25, -0.2) is 0 Å². The van der Waals surface area contributed by atoms with E-state index in [-0.39, 0.29) is 11.3 Å². The first-order valence-corrected chi connectivity index (χ1v) is 7.25. The molecule has 0 spiro atoms. The number of nitrogens with two attached hydrogens (primary N) is 1. The van der Waals surface area contributed by atoms with Crippen molar-refractivity contribution in [1.29, 1.82) is 0 Å². The molecule has 0 aliphatic rings. The molecule has 1 heterocycles.